The van der Waals surface area contributed by atoms with Crippen LogP contribution in [0.2, 0.25) is 0 Å². The van der Waals surface area contributed by atoms with Crippen molar-refractivity contribution in [1.29, 1.82) is 0 Å². The second-order valence-corrected chi connectivity index (χ2v) is 7.87. The third-order valence-corrected chi connectivity index (χ3v) is 5.94. The van der Waals surface area contributed by atoms with Gasteiger partial charge in [0.05, 0.1) is 6.54 Å². The molecule has 2 aromatic rings. The van der Waals surface area contributed by atoms with Crippen LogP contribution >= 0.6 is 35.3 Å². The molecule has 2 aliphatic rings. The summed E-state index contributed by atoms with van der Waals surface area (Å²) >= 11 is 1.68. The molecule has 0 amide bonds. The number of aromatic nitrogens is 2. The molecular weight excluding hydrogens is 487 g/mol. The van der Waals surface area contributed by atoms with Crippen LogP contribution in [0.4, 0.5) is 5.13 Å². The van der Waals surface area contributed by atoms with Gasteiger partial charge >= 0.3 is 0 Å². The molecule has 2 fully saturated rings. The van der Waals surface area contributed by atoms with Gasteiger partial charge in [-0.3, -0.25) is 0 Å². The van der Waals surface area contributed by atoms with Gasteiger partial charge in [0.25, 0.3) is 0 Å². The molecule has 9 heteroatoms. The lowest BCUT2D eigenvalue weighted by molar-refractivity contribution is 0.201. The van der Waals surface area contributed by atoms with Crippen molar-refractivity contribution < 1.29 is 4.74 Å². The van der Waals surface area contributed by atoms with Crippen molar-refractivity contribution in [2.24, 2.45) is 10.7 Å². The van der Waals surface area contributed by atoms with Gasteiger partial charge in [-0.2, -0.15) is 0 Å². The van der Waals surface area contributed by atoms with Crippen molar-refractivity contribution in [3.63, 3.8) is 0 Å². The fraction of sp³-hybridized carbons (Fsp3) is 0.526. The van der Waals surface area contributed by atoms with Crippen LogP contribution in [0, 0.1) is 0 Å². The van der Waals surface area contributed by atoms with E-state index < -0.39 is 0 Å². The standard InChI is InChI=1S/C19H26N6OS.HI/c20-18(24-8-10-25(11-9-24)19-21-7-12-27-19)23-14-15-5-6-17(22-13-15)26-16-3-1-2-4-16;/h5-7,12-13,16H,1-4,8-11,14H2,(H2,20,23);1H. The van der Waals surface area contributed by atoms with Crippen molar-refractivity contribution in [3.05, 3.63) is 35.5 Å². The molecule has 0 atom stereocenters. The predicted octanol–water partition coefficient (Wildman–Crippen LogP) is 3.11. The number of nitrogens with zero attached hydrogens (tertiary/aromatic N) is 5. The molecule has 0 unspecified atom stereocenters. The van der Waals surface area contributed by atoms with Gasteiger partial charge in [-0.1, -0.05) is 6.07 Å². The van der Waals surface area contributed by atoms with Crippen LogP contribution in [-0.4, -0.2) is 53.1 Å². The maximum Gasteiger partial charge on any atom is 0.213 e. The number of pyridine rings is 1. The molecule has 2 N–H and O–H groups in total. The molecule has 1 aliphatic heterocycles. The number of aliphatic imine (C=N–C) groups is 1. The van der Waals surface area contributed by atoms with Gasteiger partial charge < -0.3 is 20.3 Å². The predicted molar refractivity (Wildman–Crippen MR) is 124 cm³/mol. The molecular formula is C19H27IN6OS. The number of thiazole rings is 1. The summed E-state index contributed by atoms with van der Waals surface area (Å²) in [6.07, 6.45) is 8.81. The Morgan fingerprint density at radius 3 is 2.61 bits per heavy atom. The van der Waals surface area contributed by atoms with Crippen LogP contribution in [0.25, 0.3) is 0 Å². The number of rotatable bonds is 5. The minimum atomic E-state index is 0. The summed E-state index contributed by atoms with van der Waals surface area (Å²) in [7, 11) is 0. The molecule has 7 nitrogen and oxygen atoms in total. The Kier molecular flexibility index (Phi) is 7.72. The number of nitrogens with two attached hydrogens (primary N) is 1. The van der Waals surface area contributed by atoms with Gasteiger partial charge in [0, 0.05) is 50.0 Å². The summed E-state index contributed by atoms with van der Waals surface area (Å²) < 4.78 is 5.90. The summed E-state index contributed by atoms with van der Waals surface area (Å²) in [4.78, 5) is 17.8. The SMILES string of the molecule is I.NC(=NCc1ccc(OC2CCCC2)nc1)N1CCN(c2nccs2)CC1. The number of piperazine rings is 1. The number of guanidine groups is 1. The van der Waals surface area contributed by atoms with Crippen LogP contribution in [0.1, 0.15) is 31.2 Å². The topological polar surface area (TPSA) is 79.9 Å². The first-order valence-electron chi connectivity index (χ1n) is 9.59. The van der Waals surface area contributed by atoms with E-state index in [2.05, 4.69) is 24.8 Å². The van der Waals surface area contributed by atoms with Gasteiger partial charge in [0.15, 0.2) is 11.1 Å². The average molecular weight is 514 g/mol. The van der Waals surface area contributed by atoms with E-state index in [1.165, 1.54) is 12.8 Å². The van der Waals surface area contributed by atoms with Gasteiger partial charge in [0.2, 0.25) is 5.88 Å². The molecule has 28 heavy (non-hydrogen) atoms. The van der Waals surface area contributed by atoms with Crippen LogP contribution in [0.3, 0.4) is 0 Å². The third-order valence-electron chi connectivity index (χ3n) is 5.10. The van der Waals surface area contributed by atoms with Gasteiger partial charge in [-0.15, -0.1) is 35.3 Å². The van der Waals surface area contributed by atoms with Crippen LogP contribution in [-0.2, 0) is 6.54 Å². The van der Waals surface area contributed by atoms with Crippen molar-refractivity contribution in [1.82, 2.24) is 14.9 Å². The van der Waals surface area contributed by atoms with Crippen LogP contribution in [0.15, 0.2) is 34.9 Å². The second kappa shape index (κ2) is 10.2. The summed E-state index contributed by atoms with van der Waals surface area (Å²) in [5.74, 6) is 1.31. The van der Waals surface area contributed by atoms with Gasteiger partial charge in [-0.05, 0) is 31.2 Å². The van der Waals surface area contributed by atoms with E-state index in [1.54, 1.807) is 11.3 Å². The summed E-state index contributed by atoms with van der Waals surface area (Å²) in [5.41, 5.74) is 7.24. The van der Waals surface area contributed by atoms with Crippen molar-refractivity contribution in [3.8, 4) is 5.88 Å². The summed E-state index contributed by atoms with van der Waals surface area (Å²) in [6.45, 7) is 4.09. The molecule has 152 valence electrons. The molecule has 4 rings (SSSR count). The quantitative estimate of drug-likeness (QED) is 0.376. The molecule has 1 aliphatic carbocycles. The highest BCUT2D eigenvalue weighted by Crippen LogP contribution is 2.23. The highest BCUT2D eigenvalue weighted by atomic mass is 127. The lowest BCUT2D eigenvalue weighted by atomic mass is 10.3. The normalized spacial score (nSPS) is 18.2. The first-order valence-corrected chi connectivity index (χ1v) is 10.5. The molecule has 0 aromatic carbocycles. The maximum absolute atomic E-state index is 6.20. The maximum atomic E-state index is 6.20. The van der Waals surface area contributed by atoms with E-state index in [0.717, 1.165) is 49.7 Å². The first kappa shape index (κ1) is 21.1. The Bertz CT molecular complexity index is 740. The highest BCUT2D eigenvalue weighted by Gasteiger charge is 2.20. The zero-order valence-electron chi connectivity index (χ0n) is 15.9. The molecule has 2 aromatic heterocycles. The number of anilines is 1. The van der Waals surface area contributed by atoms with E-state index in [-0.39, 0.29) is 24.0 Å². The monoisotopic (exact) mass is 514 g/mol. The molecule has 0 bridgehead atoms. The zero-order valence-corrected chi connectivity index (χ0v) is 19.0. The Balaban J connectivity index is 0.00000225. The summed E-state index contributed by atoms with van der Waals surface area (Å²) in [6, 6.07) is 3.96. The lowest BCUT2D eigenvalue weighted by Gasteiger charge is -2.35. The number of hydrogen-bond donors (Lipinski definition) is 1. The van der Waals surface area contributed by atoms with Crippen molar-refractivity contribution in [2.45, 2.75) is 38.3 Å². The Morgan fingerprint density at radius 2 is 1.96 bits per heavy atom. The molecule has 1 saturated carbocycles. The number of hydrogen-bond acceptors (Lipinski definition) is 6. The van der Waals surface area contributed by atoms with Crippen molar-refractivity contribution in [2.75, 3.05) is 31.1 Å². The fourth-order valence-electron chi connectivity index (χ4n) is 3.52. The highest BCUT2D eigenvalue weighted by molar-refractivity contribution is 14.0. The summed E-state index contributed by atoms with van der Waals surface area (Å²) in [5, 5.41) is 3.09. The van der Waals surface area contributed by atoms with E-state index >= 15 is 0 Å². The van der Waals surface area contributed by atoms with Crippen LogP contribution < -0.4 is 15.4 Å². The minimum Gasteiger partial charge on any atom is -0.474 e. The van der Waals surface area contributed by atoms with Gasteiger partial charge in [-0.25, -0.2) is 15.0 Å². The number of ether oxygens (including phenoxy) is 1. The Labute approximate surface area is 187 Å². The fourth-order valence-corrected chi connectivity index (χ4v) is 4.22. The van der Waals surface area contributed by atoms with E-state index in [9.17, 15) is 0 Å². The van der Waals surface area contributed by atoms with E-state index in [1.807, 2.05) is 29.9 Å². The lowest BCUT2D eigenvalue weighted by Crippen LogP contribution is -2.51. The smallest absolute Gasteiger partial charge is 0.213 e. The number of halogens is 1. The van der Waals surface area contributed by atoms with Crippen molar-refractivity contribution >= 4 is 46.4 Å². The third kappa shape index (κ3) is 5.47. The van der Waals surface area contributed by atoms with Gasteiger partial charge in [0.1, 0.15) is 6.10 Å². The van der Waals surface area contributed by atoms with Crippen LogP contribution in [0.5, 0.6) is 5.88 Å². The molecule has 0 spiro atoms. The average Bonchev–Trinajstić information content (AvgIpc) is 3.42. The molecule has 0 radical (unpaired) electrons. The largest absolute Gasteiger partial charge is 0.474 e. The second-order valence-electron chi connectivity index (χ2n) is 6.99. The zero-order chi connectivity index (χ0) is 18.5. The minimum absolute atomic E-state index is 0. The Morgan fingerprint density at radius 1 is 1.18 bits per heavy atom. The Hall–Kier alpha value is -1.62. The first-order chi connectivity index (χ1) is 13.3. The molecule has 1 saturated heterocycles. The van der Waals surface area contributed by atoms with E-state index in [0.29, 0.717) is 24.5 Å². The van der Waals surface area contributed by atoms with E-state index in [4.69, 9.17) is 10.5 Å². The molecule has 3 heterocycles.